The topological polar surface area (TPSA) is 89.9 Å². The monoisotopic (exact) mass is 526 g/mol. The second kappa shape index (κ2) is 10.9. The molecule has 2 aromatic carbocycles. The Morgan fingerprint density at radius 1 is 1.24 bits per heavy atom. The molecule has 0 saturated heterocycles. The molecule has 0 bridgehead atoms. The first-order valence-corrected chi connectivity index (χ1v) is 12.7. The summed E-state index contributed by atoms with van der Waals surface area (Å²) in [6.45, 7) is 1.00. The van der Waals surface area contributed by atoms with Crippen LogP contribution < -0.4 is 19.5 Å². The minimum Gasteiger partial charge on any atom is -0.493 e. The number of aromatic nitrogens is 1. The second-order valence-corrected chi connectivity index (χ2v) is 9.61. The van der Waals surface area contributed by atoms with E-state index in [9.17, 15) is 9.18 Å². The molecule has 3 aromatic rings. The van der Waals surface area contributed by atoms with Crippen LogP contribution in [0.2, 0.25) is 5.02 Å². The lowest BCUT2D eigenvalue weighted by atomic mass is 9.95. The van der Waals surface area contributed by atoms with Gasteiger partial charge in [-0.3, -0.25) is 4.79 Å². The summed E-state index contributed by atoms with van der Waals surface area (Å²) < 4.78 is 30.5. The smallest absolute Gasteiger partial charge is 0.251 e. The van der Waals surface area contributed by atoms with Crippen LogP contribution in [0.5, 0.6) is 17.2 Å². The number of carbonyl (C=O) groups excluding carboxylic acids is 1. The molecule has 7 nitrogen and oxygen atoms in total. The van der Waals surface area contributed by atoms with E-state index in [0.29, 0.717) is 53.1 Å². The Kier molecular flexibility index (Phi) is 7.48. The van der Waals surface area contributed by atoms with Crippen molar-refractivity contribution in [3.8, 4) is 28.5 Å². The van der Waals surface area contributed by atoms with E-state index < -0.39 is 5.82 Å². The largest absolute Gasteiger partial charge is 0.493 e. The molecular formula is C28H28ClFN2O5. The number of halogens is 2. The standard InChI is InChI=1S/C28H28ClFN2O5/c1-35-25-14-19(5-7-24(25)36-11-9-33)28(34)31-15-20(16-2-3-16)23-13-18-8-10-37-27(18)26(32-23)17-4-6-22(30)21(29)12-17/h4-7,12-14,16,20,33H,2-3,8-11,15H2,1H3,(H,31,34). The van der Waals surface area contributed by atoms with Crippen LogP contribution in [0.15, 0.2) is 42.5 Å². The fourth-order valence-corrected chi connectivity index (χ4v) is 4.83. The molecule has 1 aliphatic heterocycles. The molecule has 2 heterocycles. The zero-order valence-electron chi connectivity index (χ0n) is 20.4. The first-order chi connectivity index (χ1) is 18.0. The van der Waals surface area contributed by atoms with Crippen molar-refractivity contribution in [1.29, 1.82) is 0 Å². The number of fused-ring (bicyclic) bond motifs is 1. The number of hydrogen-bond acceptors (Lipinski definition) is 6. The van der Waals surface area contributed by atoms with Gasteiger partial charge in [0, 0.05) is 41.3 Å². The first kappa shape index (κ1) is 25.3. The minimum absolute atomic E-state index is 0.0265. The zero-order valence-corrected chi connectivity index (χ0v) is 21.2. The lowest BCUT2D eigenvalue weighted by Crippen LogP contribution is -2.29. The van der Waals surface area contributed by atoms with Gasteiger partial charge in [-0.15, -0.1) is 0 Å². The fourth-order valence-electron chi connectivity index (χ4n) is 4.65. The van der Waals surface area contributed by atoms with E-state index >= 15 is 0 Å². The third-order valence-electron chi connectivity index (χ3n) is 6.71. The van der Waals surface area contributed by atoms with Crippen molar-refractivity contribution in [3.63, 3.8) is 0 Å². The van der Waals surface area contributed by atoms with Crippen molar-refractivity contribution >= 4 is 17.5 Å². The number of rotatable bonds is 10. The van der Waals surface area contributed by atoms with Gasteiger partial charge in [0.05, 0.1) is 25.3 Å². The molecule has 1 aromatic heterocycles. The molecule has 2 aliphatic rings. The van der Waals surface area contributed by atoms with Crippen LogP contribution in [0, 0.1) is 11.7 Å². The van der Waals surface area contributed by atoms with Crippen LogP contribution in [-0.2, 0) is 6.42 Å². The summed E-state index contributed by atoms with van der Waals surface area (Å²) in [6.07, 6.45) is 2.90. The van der Waals surface area contributed by atoms with Crippen LogP contribution in [0.3, 0.4) is 0 Å². The minimum atomic E-state index is -0.484. The average Bonchev–Trinajstić information content (AvgIpc) is 3.64. The summed E-state index contributed by atoms with van der Waals surface area (Å²) in [5.74, 6) is 1.32. The van der Waals surface area contributed by atoms with Crippen molar-refractivity contribution < 1.29 is 28.5 Å². The summed E-state index contributed by atoms with van der Waals surface area (Å²) in [5.41, 5.74) is 3.72. The normalized spacial score (nSPS) is 15.0. The number of nitrogens with one attached hydrogen (secondary N) is 1. The Hall–Kier alpha value is -3.36. The number of pyridine rings is 1. The molecule has 1 unspecified atom stereocenters. The number of benzene rings is 2. The van der Waals surface area contributed by atoms with Gasteiger partial charge in [0.15, 0.2) is 11.5 Å². The summed E-state index contributed by atoms with van der Waals surface area (Å²) in [4.78, 5) is 18.0. The molecule has 0 spiro atoms. The Labute approximate surface area is 219 Å². The van der Waals surface area contributed by atoms with E-state index in [1.807, 2.05) is 0 Å². The quantitative estimate of drug-likeness (QED) is 0.395. The van der Waals surface area contributed by atoms with Crippen LogP contribution in [0.4, 0.5) is 4.39 Å². The van der Waals surface area contributed by atoms with Crippen LogP contribution in [-0.4, -0.2) is 49.5 Å². The Bertz CT molecular complexity index is 1310. The molecular weight excluding hydrogens is 499 g/mol. The molecule has 5 rings (SSSR count). The molecule has 1 fully saturated rings. The van der Waals surface area contributed by atoms with E-state index in [1.165, 1.54) is 13.2 Å². The lowest BCUT2D eigenvalue weighted by molar-refractivity contribution is 0.0949. The molecule has 1 atom stereocenters. The average molecular weight is 527 g/mol. The number of nitrogens with zero attached hydrogens (tertiary/aromatic N) is 1. The van der Waals surface area contributed by atoms with Gasteiger partial charge in [0.1, 0.15) is 23.9 Å². The van der Waals surface area contributed by atoms with Crippen LogP contribution in [0.1, 0.15) is 40.4 Å². The predicted octanol–water partition coefficient (Wildman–Crippen LogP) is 4.78. The molecule has 37 heavy (non-hydrogen) atoms. The van der Waals surface area contributed by atoms with Crippen molar-refractivity contribution in [2.24, 2.45) is 5.92 Å². The van der Waals surface area contributed by atoms with E-state index in [4.69, 9.17) is 35.9 Å². The zero-order chi connectivity index (χ0) is 25.9. The Morgan fingerprint density at radius 2 is 2.08 bits per heavy atom. The van der Waals surface area contributed by atoms with Gasteiger partial charge in [-0.1, -0.05) is 11.6 Å². The highest BCUT2D eigenvalue weighted by atomic mass is 35.5. The second-order valence-electron chi connectivity index (χ2n) is 9.20. The number of methoxy groups -OCH3 is 1. The summed E-state index contributed by atoms with van der Waals surface area (Å²) in [7, 11) is 1.50. The maximum Gasteiger partial charge on any atom is 0.251 e. The number of amides is 1. The summed E-state index contributed by atoms with van der Waals surface area (Å²) >= 11 is 6.06. The molecule has 9 heteroatoms. The van der Waals surface area contributed by atoms with Gasteiger partial charge in [-0.25, -0.2) is 9.37 Å². The van der Waals surface area contributed by atoms with Gasteiger partial charge in [0.2, 0.25) is 0 Å². The maximum absolute atomic E-state index is 13.8. The highest BCUT2D eigenvalue weighted by Crippen LogP contribution is 2.45. The van der Waals surface area contributed by atoms with Crippen molar-refractivity contribution in [2.75, 3.05) is 33.5 Å². The van der Waals surface area contributed by atoms with Gasteiger partial charge >= 0.3 is 0 Å². The van der Waals surface area contributed by atoms with Crippen LogP contribution >= 0.6 is 11.6 Å². The maximum atomic E-state index is 13.8. The summed E-state index contributed by atoms with van der Waals surface area (Å²) in [5, 5.41) is 12.1. The number of aliphatic hydroxyl groups excluding tert-OH is 1. The number of ether oxygens (including phenoxy) is 3. The SMILES string of the molecule is COc1cc(C(=O)NCC(c2cc3c(c(-c4ccc(F)c(Cl)c4)n2)OCC3)C2CC2)ccc1OCCO. The fraction of sp³-hybridized carbons (Fsp3) is 0.357. The molecule has 1 amide bonds. The highest BCUT2D eigenvalue weighted by Gasteiger charge is 2.35. The summed E-state index contributed by atoms with van der Waals surface area (Å²) in [6, 6.07) is 11.6. The molecule has 194 valence electrons. The van der Waals surface area contributed by atoms with Crippen LogP contribution in [0.25, 0.3) is 11.3 Å². The van der Waals surface area contributed by atoms with Gasteiger partial charge in [-0.2, -0.15) is 0 Å². The third kappa shape index (κ3) is 5.50. The highest BCUT2D eigenvalue weighted by molar-refractivity contribution is 6.31. The molecule has 1 aliphatic carbocycles. The Balaban J connectivity index is 1.38. The van der Waals surface area contributed by atoms with Crippen molar-refractivity contribution in [2.45, 2.75) is 25.2 Å². The van der Waals surface area contributed by atoms with E-state index in [2.05, 4.69) is 11.4 Å². The first-order valence-electron chi connectivity index (χ1n) is 12.3. The van der Waals surface area contributed by atoms with Gasteiger partial charge in [0.25, 0.3) is 5.91 Å². The predicted molar refractivity (Wildman–Crippen MR) is 137 cm³/mol. The van der Waals surface area contributed by atoms with Gasteiger partial charge < -0.3 is 24.6 Å². The number of aliphatic hydroxyl groups is 1. The van der Waals surface area contributed by atoms with E-state index in [-0.39, 0.29) is 30.1 Å². The number of carbonyl (C=O) groups is 1. The van der Waals surface area contributed by atoms with Gasteiger partial charge in [-0.05, 0) is 61.2 Å². The van der Waals surface area contributed by atoms with Crippen molar-refractivity contribution in [1.82, 2.24) is 10.3 Å². The third-order valence-corrected chi connectivity index (χ3v) is 7.00. The van der Waals surface area contributed by atoms with Crippen molar-refractivity contribution in [3.05, 3.63) is 70.1 Å². The molecule has 1 saturated carbocycles. The van der Waals surface area contributed by atoms with E-state index in [0.717, 1.165) is 30.5 Å². The number of hydrogen-bond donors (Lipinski definition) is 2. The molecule has 0 radical (unpaired) electrons. The molecule has 2 N–H and O–H groups in total. The lowest BCUT2D eigenvalue weighted by Gasteiger charge is -2.20. The van der Waals surface area contributed by atoms with E-state index in [1.54, 1.807) is 30.3 Å². The Morgan fingerprint density at radius 3 is 2.81 bits per heavy atom.